The smallest absolute Gasteiger partial charge is 0.0998 e. The minimum absolute atomic E-state index is 0.153. The molecule has 0 amide bonds. The van der Waals surface area contributed by atoms with Crippen LogP contribution in [-0.2, 0) is 5.41 Å². The Balaban J connectivity index is 1.34. The number of aromatic nitrogens is 1. The summed E-state index contributed by atoms with van der Waals surface area (Å²) in [5.41, 5.74) is 14.2. The van der Waals surface area contributed by atoms with Crippen LogP contribution in [0.15, 0.2) is 164 Å². The molecule has 0 radical (unpaired) electrons. The summed E-state index contributed by atoms with van der Waals surface area (Å²) in [5.74, 6) is 0. The fourth-order valence-corrected chi connectivity index (χ4v) is 7.87. The standard InChI is InChI=1S/C46H33N3/c1-46(2)40-20-7-11-24-44(40)49(45-25-12-8-21-41(45)46)36-28-34(31-15-13-16-32(26-31)37-17-4-3-14-33(37)30-47)27-35(29-36)48-42-22-9-5-18-38(42)39-19-6-10-23-43(39)48/h3-29H,1-2H3. The van der Waals surface area contributed by atoms with Crippen molar-refractivity contribution >= 4 is 38.9 Å². The normalized spacial score (nSPS) is 13.2. The second kappa shape index (κ2) is 11.1. The van der Waals surface area contributed by atoms with Gasteiger partial charge in [-0.3, -0.25) is 0 Å². The molecule has 3 nitrogen and oxygen atoms in total. The van der Waals surface area contributed by atoms with Crippen molar-refractivity contribution in [1.82, 2.24) is 4.57 Å². The van der Waals surface area contributed by atoms with E-state index in [-0.39, 0.29) is 5.41 Å². The van der Waals surface area contributed by atoms with E-state index in [9.17, 15) is 5.26 Å². The molecule has 0 saturated heterocycles. The first-order valence-electron chi connectivity index (χ1n) is 16.8. The third-order valence-electron chi connectivity index (χ3n) is 10.2. The molecule has 7 aromatic carbocycles. The van der Waals surface area contributed by atoms with Crippen molar-refractivity contribution in [2.45, 2.75) is 19.3 Å². The van der Waals surface area contributed by atoms with E-state index in [0.29, 0.717) is 5.56 Å². The summed E-state index contributed by atoms with van der Waals surface area (Å²) in [7, 11) is 0. The fraction of sp³-hybridized carbons (Fsp3) is 0.0652. The second-order valence-corrected chi connectivity index (χ2v) is 13.3. The van der Waals surface area contributed by atoms with Crippen molar-refractivity contribution in [3.05, 3.63) is 180 Å². The first-order valence-corrected chi connectivity index (χ1v) is 16.8. The Morgan fingerprint density at radius 1 is 0.490 bits per heavy atom. The maximum Gasteiger partial charge on any atom is 0.0998 e. The molecule has 1 aliphatic rings. The third-order valence-corrected chi connectivity index (χ3v) is 10.2. The molecule has 1 aromatic heterocycles. The van der Waals surface area contributed by atoms with Gasteiger partial charge in [-0.2, -0.15) is 5.26 Å². The number of hydrogen-bond acceptors (Lipinski definition) is 2. The number of nitriles is 1. The largest absolute Gasteiger partial charge is 0.310 e. The third kappa shape index (κ3) is 4.49. The quantitative estimate of drug-likeness (QED) is 0.194. The lowest BCUT2D eigenvalue weighted by atomic mass is 9.73. The highest BCUT2D eigenvalue weighted by Gasteiger charge is 2.36. The lowest BCUT2D eigenvalue weighted by molar-refractivity contribution is 0.632. The Labute approximate surface area is 286 Å². The maximum absolute atomic E-state index is 9.90. The summed E-state index contributed by atoms with van der Waals surface area (Å²) in [6, 6.07) is 60.7. The molecule has 0 aliphatic carbocycles. The van der Waals surface area contributed by atoms with Crippen LogP contribution in [0.1, 0.15) is 30.5 Å². The van der Waals surface area contributed by atoms with E-state index in [1.54, 1.807) is 0 Å². The molecule has 9 rings (SSSR count). The molecule has 0 unspecified atom stereocenters. The first kappa shape index (κ1) is 28.8. The lowest BCUT2D eigenvalue weighted by Crippen LogP contribution is -2.30. The highest BCUT2D eigenvalue weighted by molar-refractivity contribution is 6.09. The van der Waals surface area contributed by atoms with Gasteiger partial charge in [0.05, 0.1) is 34.0 Å². The van der Waals surface area contributed by atoms with Gasteiger partial charge in [-0.25, -0.2) is 0 Å². The predicted molar refractivity (Wildman–Crippen MR) is 203 cm³/mol. The molecule has 2 heterocycles. The van der Waals surface area contributed by atoms with Crippen molar-refractivity contribution in [2.24, 2.45) is 0 Å². The van der Waals surface area contributed by atoms with Crippen molar-refractivity contribution in [1.29, 1.82) is 5.26 Å². The Morgan fingerprint density at radius 2 is 1.04 bits per heavy atom. The number of hydrogen-bond donors (Lipinski definition) is 0. The number of fused-ring (bicyclic) bond motifs is 5. The number of benzene rings is 7. The topological polar surface area (TPSA) is 32.0 Å². The Morgan fingerprint density at radius 3 is 1.71 bits per heavy atom. The van der Waals surface area contributed by atoms with Crippen molar-refractivity contribution in [2.75, 3.05) is 4.90 Å². The molecule has 8 aromatic rings. The van der Waals surface area contributed by atoms with Crippen LogP contribution >= 0.6 is 0 Å². The van der Waals surface area contributed by atoms with Crippen molar-refractivity contribution in [3.63, 3.8) is 0 Å². The van der Waals surface area contributed by atoms with Gasteiger partial charge in [-0.15, -0.1) is 0 Å². The van der Waals surface area contributed by atoms with Crippen LogP contribution in [0.25, 0.3) is 49.7 Å². The summed E-state index contributed by atoms with van der Waals surface area (Å²) in [5, 5.41) is 12.4. The first-order chi connectivity index (χ1) is 24.0. The van der Waals surface area contributed by atoms with Crippen LogP contribution in [0.2, 0.25) is 0 Å². The van der Waals surface area contributed by atoms with E-state index in [1.807, 2.05) is 24.3 Å². The van der Waals surface area contributed by atoms with E-state index >= 15 is 0 Å². The highest BCUT2D eigenvalue weighted by atomic mass is 15.2. The maximum atomic E-state index is 9.90. The molecule has 0 fully saturated rings. The van der Waals surface area contributed by atoms with Crippen molar-refractivity contribution in [3.8, 4) is 34.0 Å². The molecule has 0 saturated carbocycles. The fourth-order valence-electron chi connectivity index (χ4n) is 7.87. The molecule has 1 aliphatic heterocycles. The lowest BCUT2D eigenvalue weighted by Gasteiger charge is -2.42. The zero-order valence-corrected chi connectivity index (χ0v) is 27.4. The number of rotatable bonds is 4. The van der Waals surface area contributed by atoms with E-state index in [4.69, 9.17) is 0 Å². The summed E-state index contributed by atoms with van der Waals surface area (Å²) in [6.45, 7) is 4.65. The van der Waals surface area contributed by atoms with Gasteiger partial charge in [-0.1, -0.05) is 123 Å². The minimum Gasteiger partial charge on any atom is -0.310 e. The average Bonchev–Trinajstić information content (AvgIpc) is 3.49. The average molecular weight is 628 g/mol. The van der Waals surface area contributed by atoms with Crippen LogP contribution in [-0.4, -0.2) is 4.57 Å². The van der Waals surface area contributed by atoms with Gasteiger partial charge in [-0.05, 0) is 88.0 Å². The summed E-state index contributed by atoms with van der Waals surface area (Å²) in [6.07, 6.45) is 0. The number of anilines is 3. The summed E-state index contributed by atoms with van der Waals surface area (Å²) in [4.78, 5) is 2.44. The van der Waals surface area contributed by atoms with E-state index < -0.39 is 0 Å². The van der Waals surface area contributed by atoms with Crippen molar-refractivity contribution < 1.29 is 0 Å². The number of para-hydroxylation sites is 4. The molecule has 232 valence electrons. The van der Waals surface area contributed by atoms with Crippen LogP contribution in [0.5, 0.6) is 0 Å². The molecule has 0 atom stereocenters. The summed E-state index contributed by atoms with van der Waals surface area (Å²) < 4.78 is 2.40. The van der Waals surface area contributed by atoms with Gasteiger partial charge in [0.15, 0.2) is 0 Å². The SMILES string of the molecule is CC1(C)c2ccccc2N(c2cc(-c3cccc(-c4ccccc4C#N)c3)cc(-n3c4ccccc4c4ccccc43)c2)c2ccccc21. The van der Waals surface area contributed by atoms with Crippen LogP contribution in [0, 0.1) is 11.3 Å². The zero-order chi connectivity index (χ0) is 33.1. The molecule has 0 N–H and O–H groups in total. The second-order valence-electron chi connectivity index (χ2n) is 13.3. The van der Waals surface area contributed by atoms with Gasteiger partial charge in [0.1, 0.15) is 0 Å². The monoisotopic (exact) mass is 627 g/mol. The van der Waals surface area contributed by atoms with Gasteiger partial charge < -0.3 is 9.47 Å². The Bertz CT molecular complexity index is 2510. The van der Waals surface area contributed by atoms with Gasteiger partial charge in [0.2, 0.25) is 0 Å². The van der Waals surface area contributed by atoms with Crippen LogP contribution in [0.3, 0.4) is 0 Å². The van der Waals surface area contributed by atoms with E-state index in [0.717, 1.165) is 33.6 Å². The van der Waals surface area contributed by atoms with Gasteiger partial charge in [0, 0.05) is 27.6 Å². The van der Waals surface area contributed by atoms with E-state index in [2.05, 4.69) is 169 Å². The molecular weight excluding hydrogens is 595 g/mol. The molecule has 0 spiro atoms. The molecule has 0 bridgehead atoms. The summed E-state index contributed by atoms with van der Waals surface area (Å²) >= 11 is 0. The molecule has 49 heavy (non-hydrogen) atoms. The molecule has 3 heteroatoms. The molecular formula is C46H33N3. The Kier molecular flexibility index (Phi) is 6.54. The highest BCUT2D eigenvalue weighted by Crippen LogP contribution is 2.52. The van der Waals surface area contributed by atoms with Crippen LogP contribution in [0.4, 0.5) is 17.1 Å². The zero-order valence-electron chi connectivity index (χ0n) is 27.4. The Hall–Kier alpha value is -6.37. The predicted octanol–water partition coefficient (Wildman–Crippen LogP) is 12.1. The van der Waals surface area contributed by atoms with Crippen LogP contribution < -0.4 is 4.90 Å². The number of nitrogens with zero attached hydrogens (tertiary/aromatic N) is 3. The van der Waals surface area contributed by atoms with Gasteiger partial charge >= 0.3 is 0 Å². The van der Waals surface area contributed by atoms with E-state index in [1.165, 1.54) is 44.3 Å². The van der Waals surface area contributed by atoms with Gasteiger partial charge in [0.25, 0.3) is 0 Å². The minimum atomic E-state index is -0.153.